The van der Waals surface area contributed by atoms with Crippen molar-refractivity contribution in [3.8, 4) is 0 Å². The number of nitrogens with one attached hydrogen (secondary N) is 1. The van der Waals surface area contributed by atoms with Crippen LogP contribution in [0.3, 0.4) is 0 Å². The lowest BCUT2D eigenvalue weighted by molar-refractivity contribution is -0.133. The number of rotatable bonds is 8. The molecule has 2 heterocycles. The van der Waals surface area contributed by atoms with Gasteiger partial charge in [0.2, 0.25) is 5.91 Å². The molecule has 1 fully saturated rings. The smallest absolute Gasteiger partial charge is 0.223 e. The van der Waals surface area contributed by atoms with Crippen molar-refractivity contribution in [3.63, 3.8) is 0 Å². The Bertz CT molecular complexity index is 544. The maximum absolute atomic E-state index is 12.8. The van der Waals surface area contributed by atoms with E-state index >= 15 is 0 Å². The Morgan fingerprint density at radius 2 is 2.17 bits per heavy atom. The predicted octanol–water partition coefficient (Wildman–Crippen LogP) is 2.69. The molecule has 0 spiro atoms. The molecule has 1 unspecified atom stereocenters. The standard InChI is InChI=1S/C19H34N4O/c1-6-11-22(17-9-10-20-12-17)19(24)8-7-18-15(4)21-23(16(18)5)13-14(2)3/h14,17,20H,6-13H2,1-5H3. The van der Waals surface area contributed by atoms with E-state index in [0.29, 0.717) is 24.3 Å². The van der Waals surface area contributed by atoms with Gasteiger partial charge in [-0.25, -0.2) is 0 Å². The largest absolute Gasteiger partial charge is 0.338 e. The van der Waals surface area contributed by atoms with Crippen LogP contribution in [-0.4, -0.2) is 46.3 Å². The molecule has 5 nitrogen and oxygen atoms in total. The molecule has 1 N–H and O–H groups in total. The fourth-order valence-corrected chi connectivity index (χ4v) is 3.65. The number of carbonyl (C=O) groups is 1. The van der Waals surface area contributed by atoms with E-state index in [2.05, 4.69) is 54.6 Å². The van der Waals surface area contributed by atoms with Crippen LogP contribution < -0.4 is 5.32 Å². The molecule has 1 amide bonds. The monoisotopic (exact) mass is 334 g/mol. The van der Waals surface area contributed by atoms with Crippen molar-refractivity contribution in [2.75, 3.05) is 19.6 Å². The molecule has 1 saturated heterocycles. The van der Waals surface area contributed by atoms with Crippen molar-refractivity contribution in [2.45, 2.75) is 72.9 Å². The molecule has 1 aromatic heterocycles. The topological polar surface area (TPSA) is 50.2 Å². The second kappa shape index (κ2) is 8.65. The van der Waals surface area contributed by atoms with Gasteiger partial charge in [-0.2, -0.15) is 5.10 Å². The van der Waals surface area contributed by atoms with Crippen LogP contribution >= 0.6 is 0 Å². The summed E-state index contributed by atoms with van der Waals surface area (Å²) in [7, 11) is 0. The number of carbonyl (C=O) groups excluding carboxylic acids is 1. The Labute approximate surface area is 146 Å². The average Bonchev–Trinajstić information content (AvgIpc) is 3.12. The molecule has 1 atom stereocenters. The molecule has 0 aliphatic carbocycles. The quantitative estimate of drug-likeness (QED) is 0.795. The van der Waals surface area contributed by atoms with E-state index in [0.717, 1.165) is 51.1 Å². The molecule has 5 heteroatoms. The molecular weight excluding hydrogens is 300 g/mol. The number of aryl methyl sites for hydroxylation is 1. The Hall–Kier alpha value is -1.36. The van der Waals surface area contributed by atoms with Crippen molar-refractivity contribution in [1.82, 2.24) is 20.0 Å². The number of hydrogen-bond acceptors (Lipinski definition) is 3. The first-order valence-corrected chi connectivity index (χ1v) is 9.47. The van der Waals surface area contributed by atoms with Gasteiger partial charge >= 0.3 is 0 Å². The molecule has 2 rings (SSSR count). The lowest BCUT2D eigenvalue weighted by atomic mass is 10.1. The fraction of sp³-hybridized carbons (Fsp3) is 0.789. The zero-order valence-corrected chi connectivity index (χ0v) is 16.1. The van der Waals surface area contributed by atoms with Gasteiger partial charge in [-0.15, -0.1) is 0 Å². The molecule has 1 aliphatic rings. The Balaban J connectivity index is 2.00. The van der Waals surface area contributed by atoms with E-state index in [1.54, 1.807) is 0 Å². The molecule has 136 valence electrons. The van der Waals surface area contributed by atoms with E-state index in [4.69, 9.17) is 0 Å². The van der Waals surface area contributed by atoms with Crippen LogP contribution in [0.2, 0.25) is 0 Å². The van der Waals surface area contributed by atoms with Crippen LogP contribution in [0.5, 0.6) is 0 Å². The first-order chi connectivity index (χ1) is 11.4. The molecule has 0 radical (unpaired) electrons. The SMILES string of the molecule is CCCN(C(=O)CCc1c(C)nn(CC(C)C)c1C)C1CCNC1. The molecular formula is C19H34N4O. The van der Waals surface area contributed by atoms with Crippen LogP contribution in [0.1, 0.15) is 57.0 Å². The van der Waals surface area contributed by atoms with Crippen molar-refractivity contribution in [3.05, 3.63) is 17.0 Å². The Kier molecular flexibility index (Phi) is 6.84. The van der Waals surface area contributed by atoms with Crippen LogP contribution in [0.15, 0.2) is 0 Å². The summed E-state index contributed by atoms with van der Waals surface area (Å²) in [5, 5.41) is 8.04. The van der Waals surface area contributed by atoms with Crippen molar-refractivity contribution in [1.29, 1.82) is 0 Å². The van der Waals surface area contributed by atoms with E-state index in [1.165, 1.54) is 11.3 Å². The number of nitrogens with zero attached hydrogens (tertiary/aromatic N) is 3. The summed E-state index contributed by atoms with van der Waals surface area (Å²) in [4.78, 5) is 14.9. The first-order valence-electron chi connectivity index (χ1n) is 9.47. The van der Waals surface area contributed by atoms with Gasteiger partial charge in [0.1, 0.15) is 0 Å². The van der Waals surface area contributed by atoms with Gasteiger partial charge in [-0.1, -0.05) is 20.8 Å². The summed E-state index contributed by atoms with van der Waals surface area (Å²) in [6, 6.07) is 0.378. The first kappa shape index (κ1) is 19.0. The number of aromatic nitrogens is 2. The van der Waals surface area contributed by atoms with Gasteiger partial charge < -0.3 is 10.2 Å². The molecule has 0 saturated carbocycles. The Morgan fingerprint density at radius 1 is 1.42 bits per heavy atom. The average molecular weight is 335 g/mol. The van der Waals surface area contributed by atoms with Crippen molar-refractivity contribution < 1.29 is 4.79 Å². The van der Waals surface area contributed by atoms with Gasteiger partial charge in [0.05, 0.1) is 5.69 Å². The van der Waals surface area contributed by atoms with Crippen LogP contribution in [0.4, 0.5) is 0 Å². The summed E-state index contributed by atoms with van der Waals surface area (Å²) in [6.45, 7) is 14.5. The normalized spacial score (nSPS) is 17.7. The maximum Gasteiger partial charge on any atom is 0.223 e. The van der Waals surface area contributed by atoms with Gasteiger partial charge in [0, 0.05) is 37.8 Å². The summed E-state index contributed by atoms with van der Waals surface area (Å²) in [5.74, 6) is 0.869. The maximum atomic E-state index is 12.8. The van der Waals surface area contributed by atoms with E-state index < -0.39 is 0 Å². The third kappa shape index (κ3) is 4.59. The predicted molar refractivity (Wildman–Crippen MR) is 98.1 cm³/mol. The lowest BCUT2D eigenvalue weighted by Crippen LogP contribution is -2.42. The zero-order valence-electron chi connectivity index (χ0n) is 16.1. The highest BCUT2D eigenvalue weighted by Gasteiger charge is 2.26. The highest BCUT2D eigenvalue weighted by molar-refractivity contribution is 5.77. The molecule has 0 bridgehead atoms. The van der Waals surface area contributed by atoms with Gasteiger partial charge in [0.25, 0.3) is 0 Å². The molecule has 0 aromatic carbocycles. The van der Waals surface area contributed by atoms with Gasteiger partial charge in [0.15, 0.2) is 0 Å². The highest BCUT2D eigenvalue weighted by atomic mass is 16.2. The minimum atomic E-state index is 0.293. The summed E-state index contributed by atoms with van der Waals surface area (Å²) >= 11 is 0. The van der Waals surface area contributed by atoms with E-state index in [1.807, 2.05) is 0 Å². The van der Waals surface area contributed by atoms with Crippen molar-refractivity contribution >= 4 is 5.91 Å². The second-order valence-corrected chi connectivity index (χ2v) is 7.46. The third-order valence-electron chi connectivity index (χ3n) is 4.92. The molecule has 1 aromatic rings. The summed E-state index contributed by atoms with van der Waals surface area (Å²) < 4.78 is 2.10. The van der Waals surface area contributed by atoms with Crippen LogP contribution in [0.25, 0.3) is 0 Å². The molecule has 24 heavy (non-hydrogen) atoms. The van der Waals surface area contributed by atoms with E-state index in [-0.39, 0.29) is 0 Å². The third-order valence-corrected chi connectivity index (χ3v) is 4.92. The highest BCUT2D eigenvalue weighted by Crippen LogP contribution is 2.18. The fourth-order valence-electron chi connectivity index (χ4n) is 3.65. The summed E-state index contributed by atoms with van der Waals surface area (Å²) in [6.07, 6.45) is 3.49. The minimum absolute atomic E-state index is 0.293. The zero-order chi connectivity index (χ0) is 17.7. The number of amides is 1. The summed E-state index contributed by atoms with van der Waals surface area (Å²) in [5.41, 5.74) is 3.55. The Morgan fingerprint density at radius 3 is 2.75 bits per heavy atom. The second-order valence-electron chi connectivity index (χ2n) is 7.46. The lowest BCUT2D eigenvalue weighted by Gasteiger charge is -2.28. The van der Waals surface area contributed by atoms with Gasteiger partial charge in [-0.05, 0) is 51.1 Å². The minimum Gasteiger partial charge on any atom is -0.338 e. The van der Waals surface area contributed by atoms with Crippen LogP contribution in [0, 0.1) is 19.8 Å². The number of hydrogen-bond donors (Lipinski definition) is 1. The van der Waals surface area contributed by atoms with E-state index in [9.17, 15) is 4.79 Å². The van der Waals surface area contributed by atoms with Gasteiger partial charge in [-0.3, -0.25) is 9.48 Å². The molecule has 1 aliphatic heterocycles. The van der Waals surface area contributed by atoms with Crippen molar-refractivity contribution in [2.24, 2.45) is 5.92 Å². The van der Waals surface area contributed by atoms with Crippen LogP contribution in [-0.2, 0) is 17.8 Å².